The fraction of sp³-hybridized carbons (Fsp3) is 0.0769. The van der Waals surface area contributed by atoms with Crippen molar-refractivity contribution in [1.82, 2.24) is 0 Å². The van der Waals surface area contributed by atoms with E-state index in [4.69, 9.17) is 5.14 Å². The minimum atomic E-state index is -4.19. The minimum Gasteiger partial charge on any atom is -0.258 e. The maximum Gasteiger partial charge on any atom is 0.289 e. The molecule has 2 aromatic rings. The van der Waals surface area contributed by atoms with Crippen LogP contribution in [0.4, 0.5) is 5.69 Å². The summed E-state index contributed by atoms with van der Waals surface area (Å²) in [5.74, 6) is 0. The van der Waals surface area contributed by atoms with Crippen LogP contribution in [0.25, 0.3) is 0 Å². The Hall–Kier alpha value is -2.30. The Bertz CT molecular complexity index is 980. The predicted octanol–water partition coefficient (Wildman–Crippen LogP) is 1.38. The zero-order valence-corrected chi connectivity index (χ0v) is 13.5. The van der Waals surface area contributed by atoms with Crippen molar-refractivity contribution in [3.05, 3.63) is 58.1 Å². The monoisotopic (exact) mass is 356 g/mol. The number of rotatable bonds is 4. The first-order valence-electron chi connectivity index (χ1n) is 6.16. The van der Waals surface area contributed by atoms with Gasteiger partial charge in [0, 0.05) is 6.07 Å². The molecule has 0 atom stereocenters. The van der Waals surface area contributed by atoms with Gasteiger partial charge in [-0.3, -0.25) is 10.1 Å². The standard InChI is InChI=1S/C13H12N2O6S2/c1-9-2-4-10(5-3-9)22(18,19)13-7-6-11(23(14,20)21)8-12(13)15(16)17/h2-8H,1H3,(H2,14,20,21). The molecule has 0 fully saturated rings. The normalized spacial score (nSPS) is 12.1. The Morgan fingerprint density at radius 1 is 0.957 bits per heavy atom. The van der Waals surface area contributed by atoms with Gasteiger partial charge in [-0.15, -0.1) is 0 Å². The predicted molar refractivity (Wildman–Crippen MR) is 81.1 cm³/mol. The Morgan fingerprint density at radius 3 is 1.96 bits per heavy atom. The van der Waals surface area contributed by atoms with Crippen LogP contribution in [-0.4, -0.2) is 21.8 Å². The molecule has 0 aliphatic carbocycles. The van der Waals surface area contributed by atoms with Crippen LogP contribution >= 0.6 is 0 Å². The van der Waals surface area contributed by atoms with Crippen LogP contribution in [0.15, 0.2) is 57.2 Å². The number of sulfone groups is 1. The molecule has 0 aliphatic heterocycles. The van der Waals surface area contributed by atoms with Crippen molar-refractivity contribution in [3.63, 3.8) is 0 Å². The van der Waals surface area contributed by atoms with Crippen molar-refractivity contribution in [1.29, 1.82) is 0 Å². The van der Waals surface area contributed by atoms with Crippen LogP contribution in [0.2, 0.25) is 0 Å². The lowest BCUT2D eigenvalue weighted by Gasteiger charge is -2.07. The van der Waals surface area contributed by atoms with Crippen LogP contribution in [0.3, 0.4) is 0 Å². The molecule has 0 aliphatic rings. The van der Waals surface area contributed by atoms with E-state index < -0.39 is 40.3 Å². The SMILES string of the molecule is Cc1ccc(S(=O)(=O)c2ccc(S(N)(=O)=O)cc2[N+](=O)[O-])cc1. The first-order chi connectivity index (χ1) is 10.5. The molecule has 0 saturated heterocycles. The summed E-state index contributed by atoms with van der Waals surface area (Å²) in [6, 6.07) is 8.17. The lowest BCUT2D eigenvalue weighted by atomic mass is 10.2. The summed E-state index contributed by atoms with van der Waals surface area (Å²) >= 11 is 0. The van der Waals surface area contributed by atoms with E-state index in [1.54, 1.807) is 19.1 Å². The molecule has 0 saturated carbocycles. The van der Waals surface area contributed by atoms with Gasteiger partial charge in [0.2, 0.25) is 19.9 Å². The van der Waals surface area contributed by atoms with Gasteiger partial charge in [0.25, 0.3) is 5.69 Å². The number of nitrogens with two attached hydrogens (primary N) is 1. The lowest BCUT2D eigenvalue weighted by Crippen LogP contribution is -2.13. The average Bonchev–Trinajstić information content (AvgIpc) is 2.46. The fourth-order valence-corrected chi connectivity index (χ4v) is 3.83. The summed E-state index contributed by atoms with van der Waals surface area (Å²) < 4.78 is 47.7. The van der Waals surface area contributed by atoms with Gasteiger partial charge in [-0.2, -0.15) is 0 Å². The third-order valence-electron chi connectivity index (χ3n) is 3.08. The highest BCUT2D eigenvalue weighted by atomic mass is 32.2. The number of nitrogens with zero attached hydrogens (tertiary/aromatic N) is 1. The van der Waals surface area contributed by atoms with E-state index in [-0.39, 0.29) is 4.90 Å². The first kappa shape index (κ1) is 17.1. The van der Waals surface area contributed by atoms with Gasteiger partial charge in [-0.05, 0) is 31.2 Å². The maximum absolute atomic E-state index is 12.5. The maximum atomic E-state index is 12.5. The van der Waals surface area contributed by atoms with Crippen LogP contribution in [0, 0.1) is 17.0 Å². The van der Waals surface area contributed by atoms with Crippen molar-refractivity contribution >= 4 is 25.5 Å². The van der Waals surface area contributed by atoms with E-state index in [9.17, 15) is 26.9 Å². The second kappa shape index (κ2) is 5.72. The smallest absolute Gasteiger partial charge is 0.258 e. The highest BCUT2D eigenvalue weighted by Gasteiger charge is 2.29. The number of sulfonamides is 1. The largest absolute Gasteiger partial charge is 0.289 e. The Balaban J connectivity index is 2.72. The van der Waals surface area contributed by atoms with E-state index in [2.05, 4.69) is 0 Å². The summed E-state index contributed by atoms with van der Waals surface area (Å²) in [5, 5.41) is 16.1. The van der Waals surface area contributed by atoms with E-state index in [0.29, 0.717) is 6.07 Å². The molecule has 2 N–H and O–H groups in total. The average molecular weight is 356 g/mol. The Kier molecular flexibility index (Phi) is 4.24. The molecule has 0 spiro atoms. The van der Waals surface area contributed by atoms with Crippen LogP contribution in [0.5, 0.6) is 0 Å². The zero-order chi connectivity index (χ0) is 17.4. The molecule has 0 radical (unpaired) electrons. The molecular formula is C13H12N2O6S2. The van der Waals surface area contributed by atoms with Gasteiger partial charge in [-0.25, -0.2) is 22.0 Å². The van der Waals surface area contributed by atoms with Crippen molar-refractivity contribution in [2.24, 2.45) is 5.14 Å². The second-order valence-electron chi connectivity index (χ2n) is 4.75. The van der Waals surface area contributed by atoms with Gasteiger partial charge in [0.15, 0.2) is 0 Å². The number of nitro benzene ring substituents is 1. The number of hydrogen-bond donors (Lipinski definition) is 1. The van der Waals surface area contributed by atoms with Gasteiger partial charge in [0.05, 0.1) is 14.7 Å². The molecule has 0 bridgehead atoms. The van der Waals surface area contributed by atoms with Gasteiger partial charge in [0.1, 0.15) is 4.90 Å². The van der Waals surface area contributed by atoms with Crippen LogP contribution < -0.4 is 5.14 Å². The molecule has 0 heterocycles. The van der Waals surface area contributed by atoms with Crippen LogP contribution in [0.1, 0.15) is 5.56 Å². The number of nitro groups is 1. The fourth-order valence-electron chi connectivity index (χ4n) is 1.89. The zero-order valence-electron chi connectivity index (χ0n) is 11.8. The minimum absolute atomic E-state index is 0.130. The summed E-state index contributed by atoms with van der Waals surface area (Å²) in [7, 11) is -8.36. The first-order valence-corrected chi connectivity index (χ1v) is 9.19. The third kappa shape index (κ3) is 3.38. The van der Waals surface area contributed by atoms with E-state index in [1.807, 2.05) is 0 Å². The Morgan fingerprint density at radius 2 is 1.48 bits per heavy atom. The topological polar surface area (TPSA) is 137 Å². The molecule has 10 heteroatoms. The van der Waals surface area contributed by atoms with Crippen molar-refractivity contribution in [2.45, 2.75) is 21.6 Å². The Labute approximate surface area is 132 Å². The number of hydrogen-bond acceptors (Lipinski definition) is 6. The quantitative estimate of drug-likeness (QED) is 0.649. The van der Waals surface area contributed by atoms with Gasteiger partial charge in [-0.1, -0.05) is 17.7 Å². The summed E-state index contributed by atoms with van der Waals surface area (Å²) in [6.45, 7) is 1.76. The molecule has 122 valence electrons. The van der Waals surface area contributed by atoms with Crippen molar-refractivity contribution in [2.75, 3.05) is 0 Å². The van der Waals surface area contributed by atoms with E-state index >= 15 is 0 Å². The highest BCUT2D eigenvalue weighted by molar-refractivity contribution is 7.91. The summed E-state index contributed by atoms with van der Waals surface area (Å²) in [6.07, 6.45) is 0. The molecule has 8 nitrogen and oxygen atoms in total. The molecule has 0 amide bonds. The number of primary sulfonamides is 1. The molecule has 2 rings (SSSR count). The number of aryl methyl sites for hydroxylation is 1. The van der Waals surface area contributed by atoms with E-state index in [1.165, 1.54) is 12.1 Å². The van der Waals surface area contributed by atoms with Gasteiger partial charge >= 0.3 is 0 Å². The third-order valence-corrected chi connectivity index (χ3v) is 5.80. The molecule has 0 unspecified atom stereocenters. The number of benzene rings is 2. The molecule has 0 aromatic heterocycles. The highest BCUT2D eigenvalue weighted by Crippen LogP contribution is 2.31. The summed E-state index contributed by atoms with van der Waals surface area (Å²) in [5.41, 5.74) is -0.0277. The molecular weight excluding hydrogens is 344 g/mol. The van der Waals surface area contributed by atoms with Crippen molar-refractivity contribution < 1.29 is 21.8 Å². The van der Waals surface area contributed by atoms with Crippen molar-refractivity contribution in [3.8, 4) is 0 Å². The van der Waals surface area contributed by atoms with Gasteiger partial charge < -0.3 is 0 Å². The molecule has 2 aromatic carbocycles. The lowest BCUT2D eigenvalue weighted by molar-refractivity contribution is -0.388. The molecule has 23 heavy (non-hydrogen) atoms. The summed E-state index contributed by atoms with van der Waals surface area (Å²) in [4.78, 5) is 8.91. The second-order valence-corrected chi connectivity index (χ2v) is 8.23. The van der Waals surface area contributed by atoms with Crippen LogP contribution in [-0.2, 0) is 19.9 Å². The van der Waals surface area contributed by atoms with E-state index in [0.717, 1.165) is 17.7 Å².